The fourth-order valence-corrected chi connectivity index (χ4v) is 6.53. The number of nitrogens with one attached hydrogen (secondary N) is 1. The number of benzene rings is 1. The molecule has 0 aromatic heterocycles. The number of carbonyl (C=O) groups excluding carboxylic acids is 3. The summed E-state index contributed by atoms with van der Waals surface area (Å²) in [6, 6.07) is 7.83. The zero-order valence-corrected chi connectivity index (χ0v) is 16.5. The van der Waals surface area contributed by atoms with Gasteiger partial charge in [-0.1, -0.05) is 25.0 Å². The van der Waals surface area contributed by atoms with Crippen molar-refractivity contribution in [1.82, 2.24) is 4.90 Å². The molecule has 4 aliphatic rings. The van der Waals surface area contributed by atoms with E-state index in [0.29, 0.717) is 10.9 Å². The van der Waals surface area contributed by atoms with Crippen LogP contribution < -0.4 is 5.32 Å². The van der Waals surface area contributed by atoms with Crippen LogP contribution in [0.5, 0.6) is 0 Å². The predicted molar refractivity (Wildman–Crippen MR) is 108 cm³/mol. The molecule has 3 amide bonds. The van der Waals surface area contributed by atoms with Crippen molar-refractivity contribution < 1.29 is 14.4 Å². The number of fused-ring (bicyclic) bond motifs is 5. The van der Waals surface area contributed by atoms with E-state index in [4.69, 9.17) is 0 Å². The fraction of sp³-hybridized carbons (Fsp3) is 0.500. The van der Waals surface area contributed by atoms with E-state index in [0.717, 1.165) is 6.42 Å². The maximum atomic E-state index is 12.7. The lowest BCUT2D eigenvalue weighted by atomic mass is 9.85. The van der Waals surface area contributed by atoms with Gasteiger partial charge in [0, 0.05) is 15.8 Å². The molecule has 1 aromatic rings. The van der Waals surface area contributed by atoms with Crippen molar-refractivity contribution in [2.75, 3.05) is 11.9 Å². The molecule has 1 heterocycles. The van der Waals surface area contributed by atoms with Crippen LogP contribution in [0.1, 0.15) is 32.1 Å². The lowest BCUT2D eigenvalue weighted by Gasteiger charge is -2.17. The van der Waals surface area contributed by atoms with Crippen LogP contribution in [0.3, 0.4) is 0 Å². The molecular weight excluding hydrogens is 372 g/mol. The van der Waals surface area contributed by atoms with E-state index in [-0.39, 0.29) is 47.9 Å². The number of thioether (sulfide) groups is 1. The van der Waals surface area contributed by atoms with E-state index in [1.54, 1.807) is 0 Å². The van der Waals surface area contributed by atoms with Gasteiger partial charge >= 0.3 is 0 Å². The molecule has 2 bridgehead atoms. The summed E-state index contributed by atoms with van der Waals surface area (Å²) in [5.41, 5.74) is 0.696. The number of carbonyl (C=O) groups is 3. The van der Waals surface area contributed by atoms with Crippen LogP contribution in [-0.2, 0) is 14.4 Å². The average Bonchev–Trinajstić information content (AvgIpc) is 3.46. The summed E-state index contributed by atoms with van der Waals surface area (Å²) < 4.78 is 0. The second-order valence-electron chi connectivity index (χ2n) is 8.36. The third-order valence-corrected chi connectivity index (χ3v) is 7.96. The molecule has 0 spiro atoms. The molecular formula is C22H24N2O3S. The van der Waals surface area contributed by atoms with Crippen LogP contribution >= 0.6 is 11.8 Å². The number of hydrogen-bond donors (Lipinski definition) is 1. The number of nitrogens with zero attached hydrogens (tertiary/aromatic N) is 1. The molecule has 1 N–H and O–H groups in total. The van der Waals surface area contributed by atoms with Gasteiger partial charge in [-0.3, -0.25) is 19.3 Å². The van der Waals surface area contributed by atoms with Gasteiger partial charge in [-0.05, 0) is 55.4 Å². The molecule has 1 aliphatic heterocycles. The third-order valence-electron chi connectivity index (χ3n) is 6.61. The first-order valence-electron chi connectivity index (χ1n) is 10.2. The van der Waals surface area contributed by atoms with Crippen molar-refractivity contribution in [3.05, 3.63) is 36.4 Å². The molecule has 3 aliphatic carbocycles. The highest BCUT2D eigenvalue weighted by Gasteiger charge is 2.59. The van der Waals surface area contributed by atoms with E-state index in [1.165, 1.54) is 35.5 Å². The van der Waals surface area contributed by atoms with Gasteiger partial charge in [-0.15, -0.1) is 11.8 Å². The molecule has 1 saturated heterocycles. The van der Waals surface area contributed by atoms with Crippen LogP contribution in [0, 0.1) is 23.7 Å². The highest BCUT2D eigenvalue weighted by Crippen LogP contribution is 2.52. The monoisotopic (exact) mass is 396 g/mol. The summed E-state index contributed by atoms with van der Waals surface area (Å²) in [4.78, 5) is 40.2. The zero-order valence-electron chi connectivity index (χ0n) is 15.7. The first-order chi connectivity index (χ1) is 13.6. The minimum Gasteiger partial charge on any atom is -0.325 e. The summed E-state index contributed by atoms with van der Waals surface area (Å²) in [7, 11) is 0. The van der Waals surface area contributed by atoms with Crippen LogP contribution in [0.4, 0.5) is 5.69 Å². The van der Waals surface area contributed by atoms with Gasteiger partial charge in [0.05, 0.1) is 11.8 Å². The van der Waals surface area contributed by atoms with E-state index in [2.05, 4.69) is 17.5 Å². The number of hydrogen-bond acceptors (Lipinski definition) is 4. The van der Waals surface area contributed by atoms with Crippen LogP contribution in [0.25, 0.3) is 0 Å². The largest absolute Gasteiger partial charge is 0.325 e. The van der Waals surface area contributed by atoms with Crippen molar-refractivity contribution in [3.8, 4) is 0 Å². The van der Waals surface area contributed by atoms with Crippen molar-refractivity contribution in [3.63, 3.8) is 0 Å². The summed E-state index contributed by atoms with van der Waals surface area (Å²) in [6.45, 7) is -0.192. The molecule has 1 aromatic carbocycles. The Balaban J connectivity index is 1.18. The molecule has 28 heavy (non-hydrogen) atoms. The molecule has 4 atom stereocenters. The molecule has 0 radical (unpaired) electrons. The van der Waals surface area contributed by atoms with E-state index >= 15 is 0 Å². The van der Waals surface area contributed by atoms with Gasteiger partial charge in [0.1, 0.15) is 6.54 Å². The number of rotatable bonds is 5. The average molecular weight is 397 g/mol. The Bertz CT molecular complexity index is 814. The maximum absolute atomic E-state index is 12.7. The normalized spacial score (nSPS) is 31.1. The van der Waals surface area contributed by atoms with Gasteiger partial charge in [0.2, 0.25) is 17.7 Å². The molecule has 146 valence electrons. The zero-order chi connectivity index (χ0) is 19.3. The highest BCUT2D eigenvalue weighted by molar-refractivity contribution is 8.00. The Morgan fingerprint density at radius 1 is 1.00 bits per heavy atom. The topological polar surface area (TPSA) is 66.5 Å². The Kier molecular flexibility index (Phi) is 4.54. The summed E-state index contributed by atoms with van der Waals surface area (Å²) in [5.74, 6) is -0.827. The number of allylic oxidation sites excluding steroid dienone is 2. The molecule has 2 saturated carbocycles. The Labute approximate surface area is 168 Å². The SMILES string of the molecule is O=C(CN1C(=O)C2C3C=CC(C3)C2C1=O)Nc1ccc(SC2CCCC2)cc1. The minimum absolute atomic E-state index is 0.171. The first kappa shape index (κ1) is 18.0. The first-order valence-corrected chi connectivity index (χ1v) is 11.1. The van der Waals surface area contributed by atoms with Crippen molar-refractivity contribution >= 4 is 35.2 Å². The molecule has 6 heteroatoms. The number of amides is 3. The number of likely N-dealkylation sites (tertiary alicyclic amines) is 1. The Hall–Kier alpha value is -2.08. The minimum atomic E-state index is -0.321. The van der Waals surface area contributed by atoms with Gasteiger partial charge in [0.25, 0.3) is 0 Å². The molecule has 5 nitrogen and oxygen atoms in total. The Morgan fingerprint density at radius 3 is 2.21 bits per heavy atom. The maximum Gasteiger partial charge on any atom is 0.244 e. The third kappa shape index (κ3) is 3.08. The molecule has 4 unspecified atom stereocenters. The number of anilines is 1. The van der Waals surface area contributed by atoms with E-state index in [9.17, 15) is 14.4 Å². The Morgan fingerprint density at radius 2 is 1.61 bits per heavy atom. The van der Waals surface area contributed by atoms with Gasteiger partial charge < -0.3 is 5.32 Å². The number of imide groups is 1. The highest BCUT2D eigenvalue weighted by atomic mass is 32.2. The smallest absolute Gasteiger partial charge is 0.244 e. The summed E-state index contributed by atoms with van der Waals surface area (Å²) in [5, 5.41) is 3.53. The van der Waals surface area contributed by atoms with Gasteiger partial charge in [-0.25, -0.2) is 0 Å². The van der Waals surface area contributed by atoms with E-state index in [1.807, 2.05) is 36.0 Å². The van der Waals surface area contributed by atoms with Crippen molar-refractivity contribution in [1.29, 1.82) is 0 Å². The summed E-state index contributed by atoms with van der Waals surface area (Å²) >= 11 is 1.90. The van der Waals surface area contributed by atoms with E-state index < -0.39 is 0 Å². The predicted octanol–water partition coefficient (Wildman–Crippen LogP) is 3.47. The van der Waals surface area contributed by atoms with Crippen molar-refractivity contribution in [2.45, 2.75) is 42.2 Å². The van der Waals surface area contributed by atoms with Crippen LogP contribution in [-0.4, -0.2) is 34.4 Å². The standard InChI is InChI=1S/C22H24N2O3S/c25-18(23-15-7-9-17(10-8-15)28-16-3-1-2-4-16)12-24-21(26)19-13-5-6-14(11-13)20(19)22(24)27/h5-10,13-14,16,19-20H,1-4,11-12H2,(H,23,25). The van der Waals surface area contributed by atoms with Crippen LogP contribution in [0.2, 0.25) is 0 Å². The van der Waals surface area contributed by atoms with Gasteiger partial charge in [0.15, 0.2) is 0 Å². The lowest BCUT2D eigenvalue weighted by molar-refractivity contribution is -0.143. The fourth-order valence-electron chi connectivity index (χ4n) is 5.28. The summed E-state index contributed by atoms with van der Waals surface area (Å²) in [6.07, 6.45) is 10.2. The quantitative estimate of drug-likeness (QED) is 0.611. The second kappa shape index (κ2) is 7.07. The second-order valence-corrected chi connectivity index (χ2v) is 9.73. The van der Waals surface area contributed by atoms with Crippen molar-refractivity contribution in [2.24, 2.45) is 23.7 Å². The lowest BCUT2D eigenvalue weighted by Crippen LogP contribution is -2.39. The van der Waals surface area contributed by atoms with Crippen LogP contribution in [0.15, 0.2) is 41.3 Å². The molecule has 3 fully saturated rings. The molecule has 5 rings (SSSR count). The van der Waals surface area contributed by atoms with Gasteiger partial charge in [-0.2, -0.15) is 0 Å².